The van der Waals surface area contributed by atoms with Gasteiger partial charge in [-0.05, 0) is 73.6 Å². The zero-order valence-electron chi connectivity index (χ0n) is 13.9. The van der Waals surface area contributed by atoms with Crippen LogP contribution in [-0.4, -0.2) is 61.2 Å². The van der Waals surface area contributed by atoms with E-state index in [1.54, 1.807) is 0 Å². The van der Waals surface area contributed by atoms with Crippen LogP contribution in [0.3, 0.4) is 0 Å². The molecule has 0 bridgehead atoms. The SMILES string of the molecule is CC(C)NC(C)(C#N)CCCN(C)CC1CCCN1C. The van der Waals surface area contributed by atoms with E-state index in [-0.39, 0.29) is 5.54 Å². The molecule has 0 aromatic rings. The van der Waals surface area contributed by atoms with Crippen LogP contribution in [0.5, 0.6) is 0 Å². The summed E-state index contributed by atoms with van der Waals surface area (Å²) in [5, 5.41) is 12.7. The van der Waals surface area contributed by atoms with Gasteiger partial charge in [-0.15, -0.1) is 0 Å². The minimum absolute atomic E-state index is 0.351. The Morgan fingerprint density at radius 2 is 2.20 bits per heavy atom. The molecule has 2 atom stereocenters. The van der Waals surface area contributed by atoms with E-state index in [9.17, 15) is 5.26 Å². The Bertz CT molecular complexity index is 323. The Labute approximate surface area is 125 Å². The molecule has 1 saturated heterocycles. The van der Waals surface area contributed by atoms with Gasteiger partial charge in [0, 0.05) is 18.6 Å². The first-order valence-electron chi connectivity index (χ1n) is 7.94. The predicted octanol–water partition coefficient (Wildman–Crippen LogP) is 2.07. The zero-order chi connectivity index (χ0) is 15.2. The minimum atomic E-state index is -0.390. The van der Waals surface area contributed by atoms with Gasteiger partial charge in [-0.25, -0.2) is 0 Å². The normalized spacial score (nSPS) is 23.2. The number of nitrogens with zero attached hydrogens (tertiary/aromatic N) is 3. The van der Waals surface area contributed by atoms with E-state index in [2.05, 4.69) is 49.1 Å². The molecule has 1 fully saturated rings. The van der Waals surface area contributed by atoms with Gasteiger partial charge in [0.2, 0.25) is 0 Å². The summed E-state index contributed by atoms with van der Waals surface area (Å²) in [6.45, 7) is 9.66. The summed E-state index contributed by atoms with van der Waals surface area (Å²) in [6, 6.07) is 3.50. The van der Waals surface area contributed by atoms with Gasteiger partial charge in [-0.3, -0.25) is 5.32 Å². The summed E-state index contributed by atoms with van der Waals surface area (Å²) >= 11 is 0. The molecule has 4 heteroatoms. The Hall–Kier alpha value is -0.630. The first kappa shape index (κ1) is 17.4. The standard InChI is InChI=1S/C16H32N4/c1-14(2)18-16(3,13-17)9-7-10-19(4)12-15-8-6-11-20(15)5/h14-15,18H,6-12H2,1-5H3. The molecule has 1 aliphatic rings. The predicted molar refractivity (Wildman–Crippen MR) is 84.7 cm³/mol. The summed E-state index contributed by atoms with van der Waals surface area (Å²) in [6.07, 6.45) is 4.63. The van der Waals surface area contributed by atoms with Crippen LogP contribution in [-0.2, 0) is 0 Å². The van der Waals surface area contributed by atoms with Crippen LogP contribution in [0.15, 0.2) is 0 Å². The molecule has 116 valence electrons. The van der Waals surface area contributed by atoms with Crippen LogP contribution in [0.2, 0.25) is 0 Å². The van der Waals surface area contributed by atoms with Crippen LogP contribution < -0.4 is 5.32 Å². The molecule has 0 spiro atoms. The zero-order valence-corrected chi connectivity index (χ0v) is 13.9. The highest BCUT2D eigenvalue weighted by Gasteiger charge is 2.25. The van der Waals surface area contributed by atoms with Gasteiger partial charge in [0.1, 0.15) is 5.54 Å². The molecule has 1 rings (SSSR count). The number of rotatable bonds is 8. The maximum atomic E-state index is 9.33. The van der Waals surface area contributed by atoms with E-state index >= 15 is 0 Å². The number of nitriles is 1. The van der Waals surface area contributed by atoms with Crippen LogP contribution >= 0.6 is 0 Å². The maximum absolute atomic E-state index is 9.33. The average Bonchev–Trinajstić information content (AvgIpc) is 2.74. The van der Waals surface area contributed by atoms with Crippen molar-refractivity contribution in [1.82, 2.24) is 15.1 Å². The van der Waals surface area contributed by atoms with Crippen molar-refractivity contribution in [3.8, 4) is 6.07 Å². The fraction of sp³-hybridized carbons (Fsp3) is 0.938. The molecule has 0 saturated carbocycles. The monoisotopic (exact) mass is 280 g/mol. The Balaban J connectivity index is 2.27. The summed E-state index contributed by atoms with van der Waals surface area (Å²) in [5.74, 6) is 0. The van der Waals surface area contributed by atoms with Crippen LogP contribution in [0, 0.1) is 11.3 Å². The van der Waals surface area contributed by atoms with E-state index in [0.29, 0.717) is 6.04 Å². The second kappa shape index (κ2) is 7.97. The van der Waals surface area contributed by atoms with Crippen LogP contribution in [0.4, 0.5) is 0 Å². The van der Waals surface area contributed by atoms with E-state index in [4.69, 9.17) is 0 Å². The molecule has 1 heterocycles. The van der Waals surface area contributed by atoms with Gasteiger partial charge in [0.15, 0.2) is 0 Å². The molecule has 0 radical (unpaired) electrons. The summed E-state index contributed by atoms with van der Waals surface area (Å²) in [5.41, 5.74) is -0.390. The Morgan fingerprint density at radius 3 is 2.70 bits per heavy atom. The molecule has 0 aromatic heterocycles. The molecule has 2 unspecified atom stereocenters. The van der Waals surface area contributed by atoms with E-state index in [1.807, 2.05) is 6.92 Å². The average molecular weight is 280 g/mol. The number of likely N-dealkylation sites (N-methyl/N-ethyl adjacent to an activating group) is 2. The summed E-state index contributed by atoms with van der Waals surface area (Å²) in [7, 11) is 4.43. The molecule has 1 aliphatic heterocycles. The number of likely N-dealkylation sites (tertiary alicyclic amines) is 1. The van der Waals surface area contributed by atoms with Gasteiger partial charge < -0.3 is 9.80 Å². The number of hydrogen-bond acceptors (Lipinski definition) is 4. The van der Waals surface area contributed by atoms with E-state index in [0.717, 1.165) is 32.0 Å². The summed E-state index contributed by atoms with van der Waals surface area (Å²) < 4.78 is 0. The molecular formula is C16H32N4. The van der Waals surface area contributed by atoms with Crippen molar-refractivity contribution < 1.29 is 0 Å². The van der Waals surface area contributed by atoms with Gasteiger partial charge >= 0.3 is 0 Å². The van der Waals surface area contributed by atoms with E-state index in [1.165, 1.54) is 19.4 Å². The third-order valence-electron chi connectivity index (χ3n) is 4.26. The molecule has 20 heavy (non-hydrogen) atoms. The quantitative estimate of drug-likeness (QED) is 0.739. The van der Waals surface area contributed by atoms with Gasteiger partial charge in [-0.2, -0.15) is 5.26 Å². The highest BCUT2D eigenvalue weighted by atomic mass is 15.2. The first-order chi connectivity index (χ1) is 9.36. The smallest absolute Gasteiger partial charge is 0.104 e. The molecule has 0 amide bonds. The van der Waals surface area contributed by atoms with E-state index < -0.39 is 0 Å². The molecule has 0 aromatic carbocycles. The fourth-order valence-corrected chi connectivity index (χ4v) is 3.16. The third kappa shape index (κ3) is 5.78. The highest BCUT2D eigenvalue weighted by Crippen LogP contribution is 2.16. The topological polar surface area (TPSA) is 42.3 Å². The maximum Gasteiger partial charge on any atom is 0.104 e. The lowest BCUT2D eigenvalue weighted by Crippen LogP contribution is -2.45. The van der Waals surface area contributed by atoms with Crippen molar-refractivity contribution in [1.29, 1.82) is 5.26 Å². The molecular weight excluding hydrogens is 248 g/mol. The second-order valence-electron chi connectivity index (χ2n) is 6.89. The van der Waals surface area contributed by atoms with Crippen molar-refractivity contribution in [2.24, 2.45) is 0 Å². The van der Waals surface area contributed by atoms with Gasteiger partial charge in [0.25, 0.3) is 0 Å². The number of hydrogen-bond donors (Lipinski definition) is 1. The highest BCUT2D eigenvalue weighted by molar-refractivity contribution is 5.04. The molecule has 1 N–H and O–H groups in total. The fourth-order valence-electron chi connectivity index (χ4n) is 3.16. The Kier molecular flexibility index (Phi) is 6.94. The minimum Gasteiger partial charge on any atom is -0.305 e. The molecule has 4 nitrogen and oxygen atoms in total. The lowest BCUT2D eigenvalue weighted by atomic mass is 9.96. The largest absolute Gasteiger partial charge is 0.305 e. The van der Waals surface area contributed by atoms with Crippen molar-refractivity contribution in [2.45, 2.75) is 64.1 Å². The van der Waals surface area contributed by atoms with Crippen LogP contribution in [0.25, 0.3) is 0 Å². The lowest BCUT2D eigenvalue weighted by molar-refractivity contribution is 0.213. The van der Waals surface area contributed by atoms with Crippen LogP contribution in [0.1, 0.15) is 46.5 Å². The van der Waals surface area contributed by atoms with Gasteiger partial charge in [-0.1, -0.05) is 0 Å². The van der Waals surface area contributed by atoms with Crippen molar-refractivity contribution >= 4 is 0 Å². The number of nitrogens with one attached hydrogen (secondary N) is 1. The second-order valence-corrected chi connectivity index (χ2v) is 6.89. The van der Waals surface area contributed by atoms with Crippen molar-refractivity contribution in [3.05, 3.63) is 0 Å². The van der Waals surface area contributed by atoms with Crippen molar-refractivity contribution in [2.75, 3.05) is 33.7 Å². The lowest BCUT2D eigenvalue weighted by Gasteiger charge is -2.28. The Morgan fingerprint density at radius 1 is 1.50 bits per heavy atom. The summed E-state index contributed by atoms with van der Waals surface area (Å²) in [4.78, 5) is 4.88. The first-order valence-corrected chi connectivity index (χ1v) is 7.94. The third-order valence-corrected chi connectivity index (χ3v) is 4.26. The molecule has 0 aliphatic carbocycles. The van der Waals surface area contributed by atoms with Gasteiger partial charge in [0.05, 0.1) is 6.07 Å². The van der Waals surface area contributed by atoms with Crippen molar-refractivity contribution in [3.63, 3.8) is 0 Å².